The van der Waals surface area contributed by atoms with Crippen LogP contribution in [0, 0.1) is 59.0 Å². The average Bonchev–Trinajstić information content (AvgIpc) is 0.716. The molecule has 0 radical (unpaired) electrons. The number of hydrogen-bond acceptors (Lipinski definition) is 20. The van der Waals surface area contributed by atoms with Crippen LogP contribution in [0.5, 0.6) is 57.5 Å². The molecular weight excluding hydrogens is 1450 g/mol. The molecule has 0 aromatic heterocycles. The van der Waals surface area contributed by atoms with Crippen molar-refractivity contribution in [1.82, 2.24) is 24.5 Å². The zero-order valence-electron chi connectivity index (χ0n) is 112. The Labute approximate surface area is 750 Å². The number of hydrogen-bond donors (Lipinski definition) is 5. The van der Waals surface area contributed by atoms with Gasteiger partial charge in [-0.15, -0.1) is 0 Å². The zero-order chi connectivity index (χ0) is 121. The molecule has 5 fully saturated rings. The second-order valence-corrected chi connectivity index (χ2v) is 30.7. The Bertz CT molecular complexity index is 5850. The molecule has 640 valence electrons. The summed E-state index contributed by atoms with van der Waals surface area (Å²) in [4.78, 5) is 4.67. The maximum atomic E-state index is 11.1. The molecule has 20 heteroatoms. The molecule has 5 aromatic rings. The predicted octanol–water partition coefficient (Wildman–Crippen LogP) is 15.1. The van der Waals surface area contributed by atoms with Crippen molar-refractivity contribution in [2.45, 2.75) is 226 Å². The van der Waals surface area contributed by atoms with Gasteiger partial charge in [0.25, 0.3) is 0 Å². The first-order chi connectivity index (χ1) is 71.3. The molecule has 0 saturated carbocycles. The number of methoxy groups -OCH3 is 10. The molecule has 10 aliphatic rings. The minimum atomic E-state index is -3.41. The molecule has 10 heterocycles. The molecule has 16 atom stereocenters. The highest BCUT2D eigenvalue weighted by Gasteiger charge is 2.45. The highest BCUT2D eigenvalue weighted by molar-refractivity contribution is 5.54. The first kappa shape index (κ1) is 48.2. The highest BCUT2D eigenvalue weighted by Crippen LogP contribution is 2.50. The van der Waals surface area contributed by atoms with E-state index in [4.69, 9.17) is 106 Å². The molecule has 1 unspecified atom stereocenters. The van der Waals surface area contributed by atoms with E-state index in [1.54, 1.807) is 27.7 Å². The second kappa shape index (κ2) is 40.6. The fourth-order valence-electron chi connectivity index (χ4n) is 15.2. The summed E-state index contributed by atoms with van der Waals surface area (Å²) in [5.74, 6) is -12.3. The maximum absolute atomic E-state index is 11.1. The van der Waals surface area contributed by atoms with Gasteiger partial charge < -0.3 is 72.9 Å². The summed E-state index contributed by atoms with van der Waals surface area (Å²) in [6, 6.07) is 5.91. The first-order valence-electron chi connectivity index (χ1n) is 59.9. The van der Waals surface area contributed by atoms with E-state index in [2.05, 4.69) is 0 Å². The Kier molecular flexibility index (Phi) is 17.0. The van der Waals surface area contributed by atoms with Gasteiger partial charge in [0.1, 0.15) is 0 Å². The normalized spacial score (nSPS) is 44.8. The average molecular weight is 1640 g/mol. The van der Waals surface area contributed by atoms with E-state index in [1.807, 2.05) is 27.7 Å². The van der Waals surface area contributed by atoms with Crippen molar-refractivity contribution in [1.29, 1.82) is 0 Å². The second-order valence-electron chi connectivity index (χ2n) is 30.7. The molecule has 115 heavy (non-hydrogen) atoms. The maximum Gasteiger partial charge on any atom is 0.161 e. The van der Waals surface area contributed by atoms with Crippen molar-refractivity contribution in [2.24, 2.45) is 59.0 Å². The van der Waals surface area contributed by atoms with Crippen LogP contribution in [0.15, 0.2) is 60.7 Å². The van der Waals surface area contributed by atoms with Crippen LogP contribution in [0.4, 0.5) is 0 Å². The van der Waals surface area contributed by atoms with Gasteiger partial charge in [-0.05, 0) is 271 Å². The molecule has 5 N–H and O–H groups in total. The quantitative estimate of drug-likeness (QED) is 0.0491. The molecule has 5 saturated heterocycles. The molecule has 0 bridgehead atoms. The number of nitrogens with zero attached hydrogens (tertiary/aromatic N) is 5. The number of aliphatic hydroxyl groups excluding tert-OH is 3. The lowest BCUT2D eigenvalue weighted by molar-refractivity contribution is -0.0192. The van der Waals surface area contributed by atoms with Gasteiger partial charge in [0, 0.05) is 152 Å². The van der Waals surface area contributed by atoms with Gasteiger partial charge in [0.15, 0.2) is 57.5 Å². The van der Waals surface area contributed by atoms with Crippen molar-refractivity contribution in [3.8, 4) is 57.5 Å². The summed E-state index contributed by atoms with van der Waals surface area (Å²) in [6.45, 7) is -4.64. The Morgan fingerprint density at radius 3 is 0.757 bits per heavy atom. The number of rotatable bonds is 20. The van der Waals surface area contributed by atoms with Crippen molar-refractivity contribution >= 4 is 0 Å². The van der Waals surface area contributed by atoms with Gasteiger partial charge in [-0.1, -0.05) is 69.2 Å². The van der Waals surface area contributed by atoms with Crippen molar-refractivity contribution in [3.63, 3.8) is 0 Å². The monoisotopic (exact) mass is 1640 g/mol. The lowest BCUT2D eigenvalue weighted by Crippen LogP contribution is -2.48. The number of benzene rings is 5. The van der Waals surface area contributed by atoms with Crippen LogP contribution >= 0.6 is 0 Å². The standard InChI is InChI=1S/5C19H29NO3/c5*1-12(2)7-14-11-20-6-5-13-8-18(22-3)19(23-4)9-15(13)16(20)10-17(14)21/h5*8-9,12,14,16-17,21H,5-7,10-11H2,1-4H3/t5*14-,16-,17+/m00000/s1/i1D3,5D2,6D2,7D2,10D2,12D,14D;2*5D2,6D2,10D2,14D,17D;2*5D2,6D2,10D2,14D/t12?,14-,16-,17+;4m. The topological polar surface area (TPSA) is 210 Å². The molecule has 5 aromatic carbocycles. The number of aliphatic hydroxyl groups is 5. The SMILES string of the molecule is [2H]C1([2H])[C@@H](O)[C@@]([2H])(C([2H])([2H])C([2H])(C)C([2H])([2H])[2H])CN2[C@@H]1c1cc(OC)c(OC)cc1C([2H])([2H])C2([2H])[2H].[2H]C1([2H])[C@@H](O)[C@@]([2H])(CC(C)C)CN2[C@@H]1c1cc(OC)c(OC)cc1C([2H])([2H])C2([2H])[2H].[2H]C1([2H])[C@@H](O)[C@@]([2H])(CC(C)C)CN2[C@@H]1c1cc(OC)c(OC)cc1C([2H])([2H])C2([2H])[2H].[2H]C1([2H])c2cc(OC)c(OC)cc2[C@H]2N(C[C@]([2H])(CC(C)C)[C@]([2H])(O)C2([2H])[2H])C1([2H])[2H].[2H]C1([2H])c2cc(OC)c(OC)cc2[C@H]2N(C[C@]([2H])(CC(C)C)[C@]([2H])(O)C2([2H])[2H])C1([2H])[2H]. The summed E-state index contributed by atoms with van der Waals surface area (Å²) in [5, 5.41) is 55.2. The van der Waals surface area contributed by atoms with Crippen LogP contribution in [0.25, 0.3) is 0 Å². The first-order valence-corrected chi connectivity index (χ1v) is 38.4. The van der Waals surface area contributed by atoms with E-state index in [0.717, 1.165) is 19.6 Å². The fourth-order valence-corrected chi connectivity index (χ4v) is 15.2. The summed E-state index contributed by atoms with van der Waals surface area (Å²) < 4.78 is 421. The predicted molar refractivity (Wildman–Crippen MR) is 456 cm³/mol. The number of piperidine rings is 5. The van der Waals surface area contributed by atoms with E-state index in [0.29, 0.717) is 11.8 Å². The number of ether oxygens (including phenoxy) is 10. The molecule has 10 aliphatic heterocycles. The summed E-state index contributed by atoms with van der Waals surface area (Å²) in [6.07, 6.45) is -41.4. The largest absolute Gasteiger partial charge is 0.493 e. The van der Waals surface area contributed by atoms with E-state index in [9.17, 15) is 25.5 Å². The third-order valence-electron chi connectivity index (χ3n) is 20.6. The van der Waals surface area contributed by atoms with Gasteiger partial charge >= 0.3 is 0 Å². The highest BCUT2D eigenvalue weighted by atomic mass is 16.5. The summed E-state index contributed by atoms with van der Waals surface area (Å²) in [7, 11) is 13.6. The lowest BCUT2D eigenvalue weighted by atomic mass is 9.79. The van der Waals surface area contributed by atoms with E-state index < -0.39 is 225 Å². The van der Waals surface area contributed by atoms with Crippen LogP contribution in [0.3, 0.4) is 0 Å². The van der Waals surface area contributed by atoms with E-state index in [1.165, 1.54) is 132 Å². The third-order valence-corrected chi connectivity index (χ3v) is 20.6. The molecule has 20 nitrogen and oxygen atoms in total. The van der Waals surface area contributed by atoms with Gasteiger partial charge in [0.2, 0.25) is 0 Å². The fraction of sp³-hybridized carbons (Fsp3) is 0.684. The molecule has 0 aliphatic carbocycles. The van der Waals surface area contributed by atoms with Gasteiger partial charge in [-0.3, -0.25) is 24.5 Å². The Balaban J connectivity index is 0.000000186. The molecular formula is C95H145N5O15. The minimum absolute atomic E-state index is 0.0337. The van der Waals surface area contributed by atoms with Crippen LogP contribution in [-0.4, -0.2) is 217 Å². The zero-order valence-corrected chi connectivity index (χ0v) is 69.1. The van der Waals surface area contributed by atoms with Gasteiger partial charge in [-0.25, -0.2) is 0 Å². The van der Waals surface area contributed by atoms with Gasteiger partial charge in [-0.2, -0.15) is 0 Å². The summed E-state index contributed by atoms with van der Waals surface area (Å²) in [5.41, 5.74) is -0.297. The molecule has 0 amide bonds. The van der Waals surface area contributed by atoms with E-state index >= 15 is 0 Å². The van der Waals surface area contributed by atoms with E-state index in [-0.39, 0.29) is 176 Å². The van der Waals surface area contributed by atoms with Crippen LogP contribution < -0.4 is 47.4 Å². The van der Waals surface area contributed by atoms with Crippen LogP contribution in [0.1, 0.15) is 278 Å². The van der Waals surface area contributed by atoms with Crippen LogP contribution in [-0.2, 0) is 31.9 Å². The van der Waals surface area contributed by atoms with Gasteiger partial charge in [0.05, 0.1) is 104 Å². The third kappa shape index (κ3) is 21.1. The van der Waals surface area contributed by atoms with Crippen LogP contribution in [0.2, 0.25) is 0 Å². The molecule has 0 spiro atoms. The minimum Gasteiger partial charge on any atom is -0.493 e. The molecule has 15 rings (SSSR count). The van der Waals surface area contributed by atoms with Crippen molar-refractivity contribution in [2.75, 3.05) is 136 Å². The van der Waals surface area contributed by atoms with Crippen molar-refractivity contribution in [3.05, 3.63) is 116 Å². The summed E-state index contributed by atoms with van der Waals surface area (Å²) >= 11 is 0. The number of aryl methyl sites for hydroxylation is 5. The lowest BCUT2D eigenvalue weighted by Gasteiger charge is -2.46. The Hall–Kier alpha value is -6.30. The van der Waals surface area contributed by atoms with Crippen molar-refractivity contribution < 1.29 is 132 Å². The Morgan fingerprint density at radius 1 is 0.330 bits per heavy atom. The Morgan fingerprint density at radius 2 is 0.530 bits per heavy atom. The number of fused-ring (bicyclic) bond motifs is 15. The smallest absolute Gasteiger partial charge is 0.161 e.